The van der Waals surface area contributed by atoms with Gasteiger partial charge in [0.05, 0.1) is 24.9 Å². The maximum absolute atomic E-state index is 12.1. The lowest BCUT2D eigenvalue weighted by Crippen LogP contribution is -2.45. The van der Waals surface area contributed by atoms with Gasteiger partial charge in [0.15, 0.2) is 5.78 Å². The Hall–Kier alpha value is -1.84. The van der Waals surface area contributed by atoms with E-state index < -0.39 is 0 Å². The summed E-state index contributed by atoms with van der Waals surface area (Å²) in [6, 6.07) is 7.25. The fourth-order valence-electron chi connectivity index (χ4n) is 2.26. The van der Waals surface area contributed by atoms with Gasteiger partial charge < -0.3 is 9.64 Å². The number of hydrogen-bond acceptors (Lipinski definition) is 4. The van der Waals surface area contributed by atoms with E-state index in [9.17, 15) is 9.59 Å². The molecule has 2 rings (SSSR count). The zero-order valence-corrected chi connectivity index (χ0v) is 11.6. The summed E-state index contributed by atoms with van der Waals surface area (Å²) in [4.78, 5) is 25.8. The van der Waals surface area contributed by atoms with E-state index in [0.29, 0.717) is 12.1 Å². The van der Waals surface area contributed by atoms with Crippen LogP contribution in [0.5, 0.6) is 0 Å². The third-order valence-corrected chi connectivity index (χ3v) is 3.75. The number of Topliss-reactive ketones (excluding diaryl/α,β-unsaturated/α-hetero) is 1. The van der Waals surface area contributed by atoms with E-state index in [4.69, 9.17) is 4.74 Å². The lowest BCUT2D eigenvalue weighted by Gasteiger charge is -2.37. The van der Waals surface area contributed by atoms with Crippen molar-refractivity contribution in [1.29, 1.82) is 0 Å². The van der Waals surface area contributed by atoms with Crippen LogP contribution in [0.15, 0.2) is 24.3 Å². The van der Waals surface area contributed by atoms with Crippen LogP contribution in [0.1, 0.15) is 30.6 Å². The molecule has 102 valence electrons. The van der Waals surface area contributed by atoms with Crippen LogP contribution in [0, 0.1) is 5.41 Å². The largest absolute Gasteiger partial charge is 0.465 e. The average molecular weight is 261 g/mol. The fourth-order valence-corrected chi connectivity index (χ4v) is 2.26. The Bertz CT molecular complexity index is 508. The van der Waals surface area contributed by atoms with Gasteiger partial charge in [-0.3, -0.25) is 4.79 Å². The van der Waals surface area contributed by atoms with Gasteiger partial charge in [0.1, 0.15) is 0 Å². The van der Waals surface area contributed by atoms with E-state index in [1.165, 1.54) is 7.11 Å². The van der Waals surface area contributed by atoms with E-state index in [2.05, 4.69) is 0 Å². The summed E-state index contributed by atoms with van der Waals surface area (Å²) in [7, 11) is 1.36. The normalized spacial score (nSPS) is 18.3. The quantitative estimate of drug-likeness (QED) is 0.766. The van der Waals surface area contributed by atoms with Crippen molar-refractivity contribution < 1.29 is 14.3 Å². The van der Waals surface area contributed by atoms with Gasteiger partial charge in [-0.15, -0.1) is 0 Å². The van der Waals surface area contributed by atoms with E-state index in [1.54, 1.807) is 12.1 Å². The van der Waals surface area contributed by atoms with E-state index >= 15 is 0 Å². The minimum absolute atomic E-state index is 0.207. The van der Waals surface area contributed by atoms with Crippen molar-refractivity contribution >= 4 is 17.4 Å². The fraction of sp³-hybridized carbons (Fsp3) is 0.467. The molecule has 0 aliphatic carbocycles. The third-order valence-electron chi connectivity index (χ3n) is 3.75. The Morgan fingerprint density at radius 2 is 2.00 bits per heavy atom. The first-order valence-electron chi connectivity index (χ1n) is 6.41. The van der Waals surface area contributed by atoms with Crippen molar-refractivity contribution in [2.45, 2.75) is 20.3 Å². The lowest BCUT2D eigenvalue weighted by molar-refractivity contribution is -0.127. The number of carbonyl (C=O) groups is 2. The van der Waals surface area contributed by atoms with Crippen LogP contribution < -0.4 is 4.90 Å². The van der Waals surface area contributed by atoms with Gasteiger partial charge in [-0.25, -0.2) is 4.79 Å². The van der Waals surface area contributed by atoms with Crippen LogP contribution in [0.3, 0.4) is 0 Å². The maximum atomic E-state index is 12.1. The molecule has 0 saturated carbocycles. The van der Waals surface area contributed by atoms with E-state index in [1.807, 2.05) is 30.9 Å². The molecule has 1 aliphatic rings. The topological polar surface area (TPSA) is 46.6 Å². The van der Waals surface area contributed by atoms with Crippen LogP contribution >= 0.6 is 0 Å². The molecule has 0 spiro atoms. The second kappa shape index (κ2) is 5.03. The summed E-state index contributed by atoms with van der Waals surface area (Å²) in [5, 5.41) is 0. The standard InChI is InChI=1S/C15H19NO3/c1-15(2)8-9-16(10-13(15)17)12-7-5-4-6-11(12)14(18)19-3/h4-7H,8-10H2,1-3H3. The molecule has 0 aromatic heterocycles. The molecule has 0 bridgehead atoms. The zero-order valence-electron chi connectivity index (χ0n) is 11.6. The second-order valence-corrected chi connectivity index (χ2v) is 5.49. The van der Waals surface area contributed by atoms with Gasteiger partial charge in [0, 0.05) is 12.0 Å². The number of ketones is 1. The Morgan fingerprint density at radius 3 is 2.63 bits per heavy atom. The van der Waals surface area contributed by atoms with Crippen molar-refractivity contribution in [3.8, 4) is 0 Å². The maximum Gasteiger partial charge on any atom is 0.339 e. The van der Waals surface area contributed by atoms with Gasteiger partial charge in [0.25, 0.3) is 0 Å². The van der Waals surface area contributed by atoms with Crippen molar-refractivity contribution in [2.24, 2.45) is 5.41 Å². The van der Waals surface area contributed by atoms with E-state index in [-0.39, 0.29) is 17.2 Å². The summed E-state index contributed by atoms with van der Waals surface area (Å²) >= 11 is 0. The number of anilines is 1. The molecular weight excluding hydrogens is 242 g/mol. The average Bonchev–Trinajstić information content (AvgIpc) is 2.41. The highest BCUT2D eigenvalue weighted by atomic mass is 16.5. The molecular formula is C15H19NO3. The zero-order chi connectivity index (χ0) is 14.0. The summed E-state index contributed by atoms with van der Waals surface area (Å²) in [6.45, 7) is 5.06. The second-order valence-electron chi connectivity index (χ2n) is 5.49. The van der Waals surface area contributed by atoms with Gasteiger partial charge in [-0.2, -0.15) is 0 Å². The Kier molecular flexibility index (Phi) is 3.60. The smallest absolute Gasteiger partial charge is 0.339 e. The predicted octanol–water partition coefficient (Wildman–Crippen LogP) is 2.28. The number of methoxy groups -OCH3 is 1. The molecule has 0 amide bonds. The van der Waals surface area contributed by atoms with Crippen molar-refractivity contribution in [3.05, 3.63) is 29.8 Å². The summed E-state index contributed by atoms with van der Waals surface area (Å²) < 4.78 is 4.78. The molecule has 1 aliphatic heterocycles. The van der Waals surface area contributed by atoms with Gasteiger partial charge in [-0.1, -0.05) is 26.0 Å². The number of hydrogen-bond donors (Lipinski definition) is 0. The molecule has 19 heavy (non-hydrogen) atoms. The van der Waals surface area contributed by atoms with Crippen molar-refractivity contribution in [1.82, 2.24) is 0 Å². The van der Waals surface area contributed by atoms with Crippen molar-refractivity contribution in [3.63, 3.8) is 0 Å². The molecule has 0 N–H and O–H groups in total. The lowest BCUT2D eigenvalue weighted by atomic mass is 9.81. The molecule has 0 unspecified atom stereocenters. The molecule has 1 fully saturated rings. The number of piperidine rings is 1. The molecule has 4 heteroatoms. The van der Waals surface area contributed by atoms with Crippen LogP contribution in [0.2, 0.25) is 0 Å². The van der Waals surface area contributed by atoms with Crippen LogP contribution in [-0.2, 0) is 9.53 Å². The van der Waals surface area contributed by atoms with Crippen molar-refractivity contribution in [2.75, 3.05) is 25.1 Å². The molecule has 1 saturated heterocycles. The number of benzene rings is 1. The minimum atomic E-state index is -0.368. The molecule has 4 nitrogen and oxygen atoms in total. The molecule has 1 aromatic carbocycles. The summed E-state index contributed by atoms with van der Waals surface area (Å²) in [5.41, 5.74) is 1.02. The highest BCUT2D eigenvalue weighted by molar-refractivity contribution is 5.97. The first-order chi connectivity index (χ1) is 8.95. The van der Waals surface area contributed by atoms with Crippen LogP contribution in [0.4, 0.5) is 5.69 Å². The number of para-hydroxylation sites is 1. The van der Waals surface area contributed by atoms with E-state index in [0.717, 1.165) is 18.7 Å². The Morgan fingerprint density at radius 1 is 1.32 bits per heavy atom. The number of rotatable bonds is 2. The van der Waals surface area contributed by atoms with Crippen LogP contribution in [0.25, 0.3) is 0 Å². The van der Waals surface area contributed by atoms with Gasteiger partial charge in [-0.05, 0) is 18.6 Å². The first kappa shape index (κ1) is 13.6. The number of esters is 1. The molecule has 0 radical (unpaired) electrons. The minimum Gasteiger partial charge on any atom is -0.465 e. The number of carbonyl (C=O) groups excluding carboxylic acids is 2. The molecule has 1 aromatic rings. The predicted molar refractivity (Wildman–Crippen MR) is 73.4 cm³/mol. The number of nitrogens with zero attached hydrogens (tertiary/aromatic N) is 1. The molecule has 1 heterocycles. The number of ether oxygens (including phenoxy) is 1. The SMILES string of the molecule is COC(=O)c1ccccc1N1CCC(C)(C)C(=O)C1. The Labute approximate surface area is 113 Å². The van der Waals surface area contributed by atoms with Gasteiger partial charge >= 0.3 is 5.97 Å². The highest BCUT2D eigenvalue weighted by Gasteiger charge is 2.34. The summed E-state index contributed by atoms with van der Waals surface area (Å²) in [6.07, 6.45) is 0.793. The monoisotopic (exact) mass is 261 g/mol. The van der Waals surface area contributed by atoms with Gasteiger partial charge in [0.2, 0.25) is 0 Å². The first-order valence-corrected chi connectivity index (χ1v) is 6.41. The third kappa shape index (κ3) is 2.62. The van der Waals surface area contributed by atoms with Crippen LogP contribution in [-0.4, -0.2) is 32.0 Å². The highest BCUT2D eigenvalue weighted by Crippen LogP contribution is 2.31. The molecule has 0 atom stereocenters. The summed E-state index contributed by atoms with van der Waals surface area (Å²) in [5.74, 6) is -0.161. The Balaban J connectivity index is 2.29.